The molecule has 0 N–H and O–H groups in total. The Morgan fingerprint density at radius 3 is 2.62 bits per heavy atom. The Morgan fingerprint density at radius 2 is 2.06 bits per heavy atom. The minimum atomic E-state index is -0.212. The van der Waals surface area contributed by atoms with Gasteiger partial charge in [0.1, 0.15) is 0 Å². The summed E-state index contributed by atoms with van der Waals surface area (Å²) < 4.78 is 6.80. The van der Waals surface area contributed by atoms with Gasteiger partial charge in [-0.1, -0.05) is 53.9 Å². The first-order chi connectivity index (χ1) is 7.60. The zero-order valence-corrected chi connectivity index (χ0v) is 13.5. The number of carbonyl (C=O) groups excluding carboxylic acids is 1. The molecule has 1 aromatic rings. The minimum absolute atomic E-state index is 0.212. The summed E-state index contributed by atoms with van der Waals surface area (Å²) in [5, 5.41) is 0.747. The van der Waals surface area contributed by atoms with E-state index in [0.29, 0.717) is 6.61 Å². The highest BCUT2D eigenvalue weighted by atomic mass is 79.9. The second kappa shape index (κ2) is 6.77. The Hall–Kier alpha value is 0.130. The molecule has 88 valence electrons. The van der Waals surface area contributed by atoms with Crippen LogP contribution in [0.2, 0.25) is 0 Å². The van der Waals surface area contributed by atoms with Crippen LogP contribution in [0.4, 0.5) is 0 Å². The monoisotopic (exact) mass is 412 g/mol. The maximum atomic E-state index is 11.4. The Kier molecular flexibility index (Phi) is 6.00. The molecule has 0 radical (unpaired) electrons. The number of esters is 1. The van der Waals surface area contributed by atoms with Crippen molar-refractivity contribution in [3.8, 4) is 0 Å². The first-order valence-corrected chi connectivity index (χ1v) is 7.48. The summed E-state index contributed by atoms with van der Waals surface area (Å²) in [5.74, 6) is -0.212. The van der Waals surface area contributed by atoms with Crippen LogP contribution in [0.5, 0.6) is 0 Å². The van der Waals surface area contributed by atoms with Gasteiger partial charge in [0.05, 0.1) is 13.0 Å². The molecule has 0 aliphatic heterocycles. The summed E-state index contributed by atoms with van der Waals surface area (Å²) in [7, 11) is 0. The molecule has 16 heavy (non-hydrogen) atoms. The topological polar surface area (TPSA) is 26.3 Å². The highest BCUT2D eigenvalue weighted by molar-refractivity contribution is 9.11. The summed E-state index contributed by atoms with van der Waals surface area (Å²) in [4.78, 5) is 11.4. The second-order valence-electron chi connectivity index (χ2n) is 3.11. The van der Waals surface area contributed by atoms with Crippen molar-refractivity contribution in [1.29, 1.82) is 0 Å². The van der Waals surface area contributed by atoms with E-state index in [1.54, 1.807) is 6.92 Å². The Labute approximate surface area is 120 Å². The van der Waals surface area contributed by atoms with E-state index in [-0.39, 0.29) is 12.4 Å². The zero-order chi connectivity index (χ0) is 12.1. The van der Waals surface area contributed by atoms with Gasteiger partial charge in [-0.15, -0.1) is 0 Å². The highest BCUT2D eigenvalue weighted by Gasteiger charge is 2.13. The van der Waals surface area contributed by atoms with E-state index in [9.17, 15) is 4.79 Å². The van der Waals surface area contributed by atoms with Gasteiger partial charge in [-0.2, -0.15) is 0 Å². The third kappa shape index (κ3) is 3.57. The van der Waals surface area contributed by atoms with E-state index in [2.05, 4.69) is 47.8 Å². The Bertz CT molecular complexity index is 391. The van der Waals surface area contributed by atoms with Crippen LogP contribution in [-0.4, -0.2) is 12.6 Å². The van der Waals surface area contributed by atoms with Crippen molar-refractivity contribution in [2.75, 3.05) is 6.61 Å². The SMILES string of the molecule is CCOC(=O)Cc1c(Br)ccc(CBr)c1Br. The van der Waals surface area contributed by atoms with E-state index in [1.807, 2.05) is 12.1 Å². The van der Waals surface area contributed by atoms with Crippen LogP contribution >= 0.6 is 47.8 Å². The average molecular weight is 415 g/mol. The number of hydrogen-bond donors (Lipinski definition) is 0. The van der Waals surface area contributed by atoms with Crippen LogP contribution in [0.1, 0.15) is 18.1 Å². The third-order valence-corrected chi connectivity index (χ3v) is 4.37. The predicted octanol–water partition coefficient (Wildman–Crippen LogP) is 4.21. The van der Waals surface area contributed by atoms with Crippen LogP contribution in [0.15, 0.2) is 21.1 Å². The van der Waals surface area contributed by atoms with Crippen LogP contribution in [0, 0.1) is 0 Å². The van der Waals surface area contributed by atoms with Crippen molar-refractivity contribution in [2.24, 2.45) is 0 Å². The molecular formula is C11H11Br3O2. The smallest absolute Gasteiger partial charge is 0.310 e. The fraction of sp³-hybridized carbons (Fsp3) is 0.364. The molecule has 0 saturated heterocycles. The number of hydrogen-bond acceptors (Lipinski definition) is 2. The highest BCUT2D eigenvalue weighted by Crippen LogP contribution is 2.30. The fourth-order valence-corrected chi connectivity index (χ4v) is 3.47. The van der Waals surface area contributed by atoms with Crippen molar-refractivity contribution < 1.29 is 9.53 Å². The molecule has 0 aliphatic carbocycles. The largest absolute Gasteiger partial charge is 0.466 e. The van der Waals surface area contributed by atoms with Gasteiger partial charge >= 0.3 is 5.97 Å². The molecular weight excluding hydrogens is 404 g/mol. The van der Waals surface area contributed by atoms with E-state index >= 15 is 0 Å². The number of carbonyl (C=O) groups is 1. The lowest BCUT2D eigenvalue weighted by molar-refractivity contribution is -0.142. The average Bonchev–Trinajstić information content (AvgIpc) is 2.25. The number of alkyl halides is 1. The van der Waals surface area contributed by atoms with Crippen LogP contribution in [0.3, 0.4) is 0 Å². The van der Waals surface area contributed by atoms with Crippen molar-refractivity contribution >= 4 is 53.8 Å². The zero-order valence-electron chi connectivity index (χ0n) is 8.73. The Morgan fingerprint density at radius 1 is 1.38 bits per heavy atom. The molecule has 0 bridgehead atoms. The summed E-state index contributed by atoms with van der Waals surface area (Å²) in [5.41, 5.74) is 2.04. The number of rotatable bonds is 4. The molecule has 0 heterocycles. The number of benzene rings is 1. The summed E-state index contributed by atoms with van der Waals surface area (Å²) in [6, 6.07) is 3.94. The molecule has 0 unspecified atom stereocenters. The quantitative estimate of drug-likeness (QED) is 0.545. The van der Waals surface area contributed by atoms with E-state index in [1.165, 1.54) is 0 Å². The fourth-order valence-electron chi connectivity index (χ4n) is 1.27. The van der Waals surface area contributed by atoms with E-state index in [4.69, 9.17) is 4.74 Å². The van der Waals surface area contributed by atoms with E-state index in [0.717, 1.165) is 25.4 Å². The Balaban J connectivity index is 2.98. The van der Waals surface area contributed by atoms with Crippen LogP contribution in [-0.2, 0) is 21.3 Å². The van der Waals surface area contributed by atoms with Crippen LogP contribution in [0.25, 0.3) is 0 Å². The first-order valence-electron chi connectivity index (χ1n) is 4.77. The lowest BCUT2D eigenvalue weighted by Crippen LogP contribution is -2.09. The second-order valence-corrected chi connectivity index (χ2v) is 5.32. The summed E-state index contributed by atoms with van der Waals surface area (Å²) in [6.07, 6.45) is 0.274. The molecule has 5 heteroatoms. The normalized spacial score (nSPS) is 10.2. The minimum Gasteiger partial charge on any atom is -0.466 e. The lowest BCUT2D eigenvalue weighted by Gasteiger charge is -2.10. The van der Waals surface area contributed by atoms with Gasteiger partial charge in [-0.05, 0) is 24.1 Å². The maximum absolute atomic E-state index is 11.4. The molecule has 1 rings (SSSR count). The van der Waals surface area contributed by atoms with Gasteiger partial charge in [0, 0.05) is 14.3 Å². The molecule has 0 saturated carbocycles. The molecule has 0 fully saturated rings. The third-order valence-electron chi connectivity index (χ3n) is 2.04. The molecule has 0 spiro atoms. The van der Waals surface area contributed by atoms with Gasteiger partial charge in [-0.25, -0.2) is 0 Å². The molecule has 0 aliphatic rings. The van der Waals surface area contributed by atoms with Crippen LogP contribution < -0.4 is 0 Å². The standard InChI is InChI=1S/C11H11Br3O2/c1-2-16-10(15)5-8-9(13)4-3-7(6-12)11(8)14/h3-4H,2,5-6H2,1H3. The molecule has 2 nitrogen and oxygen atoms in total. The van der Waals surface area contributed by atoms with Gasteiger partial charge in [0.15, 0.2) is 0 Å². The van der Waals surface area contributed by atoms with Gasteiger partial charge in [0.25, 0.3) is 0 Å². The van der Waals surface area contributed by atoms with E-state index < -0.39 is 0 Å². The van der Waals surface area contributed by atoms with Gasteiger partial charge < -0.3 is 4.74 Å². The van der Waals surface area contributed by atoms with Gasteiger partial charge in [0.2, 0.25) is 0 Å². The number of ether oxygens (including phenoxy) is 1. The summed E-state index contributed by atoms with van der Waals surface area (Å²) in [6.45, 7) is 2.21. The lowest BCUT2D eigenvalue weighted by atomic mass is 10.1. The number of halogens is 3. The predicted molar refractivity (Wildman–Crippen MR) is 74.8 cm³/mol. The first kappa shape index (κ1) is 14.2. The maximum Gasteiger partial charge on any atom is 0.310 e. The molecule has 1 aromatic carbocycles. The van der Waals surface area contributed by atoms with Crippen molar-refractivity contribution in [3.63, 3.8) is 0 Å². The summed E-state index contributed by atoms with van der Waals surface area (Å²) >= 11 is 10.3. The van der Waals surface area contributed by atoms with Gasteiger partial charge in [-0.3, -0.25) is 4.79 Å². The van der Waals surface area contributed by atoms with Crippen molar-refractivity contribution in [3.05, 3.63) is 32.2 Å². The van der Waals surface area contributed by atoms with Crippen molar-refractivity contribution in [1.82, 2.24) is 0 Å². The molecule has 0 aromatic heterocycles. The molecule has 0 amide bonds. The molecule has 0 atom stereocenters. The van der Waals surface area contributed by atoms with Crippen molar-refractivity contribution in [2.45, 2.75) is 18.7 Å².